The molecular weight excluding hydrogens is 326 g/mol. The summed E-state index contributed by atoms with van der Waals surface area (Å²) < 4.78 is 1.42. The van der Waals surface area contributed by atoms with Gasteiger partial charge in [0.2, 0.25) is 5.91 Å². The second kappa shape index (κ2) is 6.75. The first-order valence-electron chi connectivity index (χ1n) is 8.94. The molecule has 5 heteroatoms. The largest absolute Gasteiger partial charge is 0.334 e. The zero-order valence-corrected chi connectivity index (χ0v) is 14.8. The predicted octanol–water partition coefficient (Wildman–Crippen LogP) is 3.07. The number of hydrogen-bond donors (Lipinski definition) is 0. The van der Waals surface area contributed by atoms with E-state index in [9.17, 15) is 9.59 Å². The highest BCUT2D eigenvalue weighted by Gasteiger charge is 2.29. The molecule has 1 aromatic heterocycles. The summed E-state index contributed by atoms with van der Waals surface area (Å²) in [5.41, 5.74) is 2.65. The number of amides is 1. The van der Waals surface area contributed by atoms with Gasteiger partial charge in [0.15, 0.2) is 0 Å². The van der Waals surface area contributed by atoms with Gasteiger partial charge in [-0.1, -0.05) is 42.5 Å². The fourth-order valence-electron chi connectivity index (χ4n) is 3.77. The van der Waals surface area contributed by atoms with E-state index in [1.807, 2.05) is 42.2 Å². The maximum Gasteiger partial charge on any atom is 0.261 e. The molecule has 1 fully saturated rings. The summed E-state index contributed by atoms with van der Waals surface area (Å²) in [7, 11) is 0. The zero-order valence-electron chi connectivity index (χ0n) is 14.8. The van der Waals surface area contributed by atoms with Crippen LogP contribution in [0.2, 0.25) is 0 Å². The molecular formula is C21H21N3O2. The van der Waals surface area contributed by atoms with Crippen LogP contribution in [-0.4, -0.2) is 26.9 Å². The number of aryl methyl sites for hydroxylation is 1. The van der Waals surface area contributed by atoms with E-state index in [0.29, 0.717) is 10.9 Å². The topological polar surface area (TPSA) is 55.2 Å². The van der Waals surface area contributed by atoms with Gasteiger partial charge in [-0.3, -0.25) is 14.2 Å². The van der Waals surface area contributed by atoms with Gasteiger partial charge in [0.1, 0.15) is 6.54 Å². The minimum Gasteiger partial charge on any atom is -0.334 e. The number of hydrogen-bond acceptors (Lipinski definition) is 3. The Balaban J connectivity index is 1.61. The van der Waals surface area contributed by atoms with Crippen molar-refractivity contribution < 1.29 is 4.79 Å². The van der Waals surface area contributed by atoms with Crippen LogP contribution < -0.4 is 5.56 Å². The molecule has 1 aliphatic heterocycles. The summed E-state index contributed by atoms with van der Waals surface area (Å²) >= 11 is 0. The molecule has 26 heavy (non-hydrogen) atoms. The summed E-state index contributed by atoms with van der Waals surface area (Å²) in [6.07, 6.45) is 3.43. The molecule has 0 N–H and O–H groups in total. The molecule has 0 bridgehead atoms. The third kappa shape index (κ3) is 2.90. The summed E-state index contributed by atoms with van der Waals surface area (Å²) in [6, 6.07) is 15.7. The van der Waals surface area contributed by atoms with E-state index in [-0.39, 0.29) is 24.1 Å². The first-order valence-corrected chi connectivity index (χ1v) is 8.94. The van der Waals surface area contributed by atoms with E-state index >= 15 is 0 Å². The second-order valence-electron chi connectivity index (χ2n) is 6.80. The van der Waals surface area contributed by atoms with Crippen LogP contribution in [0.1, 0.15) is 30.0 Å². The van der Waals surface area contributed by atoms with Crippen molar-refractivity contribution in [2.45, 2.75) is 32.4 Å². The molecule has 1 aliphatic rings. The average molecular weight is 347 g/mol. The lowest BCUT2D eigenvalue weighted by Crippen LogP contribution is -2.36. The third-order valence-electron chi connectivity index (χ3n) is 5.12. The smallest absolute Gasteiger partial charge is 0.261 e. The van der Waals surface area contributed by atoms with Crippen LogP contribution in [0.4, 0.5) is 0 Å². The lowest BCUT2D eigenvalue weighted by molar-refractivity contribution is -0.132. The summed E-state index contributed by atoms with van der Waals surface area (Å²) in [5.74, 6) is -0.0349. The molecule has 0 radical (unpaired) electrons. The summed E-state index contributed by atoms with van der Waals surface area (Å²) in [6.45, 7) is 2.69. The lowest BCUT2D eigenvalue weighted by atomic mass is 10.0. The zero-order chi connectivity index (χ0) is 18.1. The van der Waals surface area contributed by atoms with Crippen LogP contribution in [0.15, 0.2) is 59.7 Å². The first-order chi connectivity index (χ1) is 12.6. The maximum absolute atomic E-state index is 12.9. The Kier molecular flexibility index (Phi) is 4.29. The van der Waals surface area contributed by atoms with Gasteiger partial charge in [0, 0.05) is 6.54 Å². The van der Waals surface area contributed by atoms with E-state index in [1.54, 1.807) is 6.07 Å². The molecule has 1 saturated heterocycles. The third-order valence-corrected chi connectivity index (χ3v) is 5.12. The normalized spacial score (nSPS) is 17.0. The van der Waals surface area contributed by atoms with Crippen LogP contribution >= 0.6 is 0 Å². The van der Waals surface area contributed by atoms with Crippen molar-refractivity contribution in [3.63, 3.8) is 0 Å². The molecule has 5 nitrogen and oxygen atoms in total. The van der Waals surface area contributed by atoms with Gasteiger partial charge in [0.25, 0.3) is 5.56 Å². The molecule has 1 atom stereocenters. The quantitative estimate of drug-likeness (QED) is 0.732. The number of fused-ring (bicyclic) bond motifs is 1. The number of rotatable bonds is 3. The molecule has 1 amide bonds. The van der Waals surface area contributed by atoms with Crippen LogP contribution in [0.3, 0.4) is 0 Å². The highest BCUT2D eigenvalue weighted by molar-refractivity contribution is 5.81. The Bertz CT molecular complexity index is 1010. The Morgan fingerprint density at radius 1 is 1.15 bits per heavy atom. The SMILES string of the molecule is Cc1cccc2c(=O)n(CC(=O)N3CCCC3c3ccccc3)cnc12. The van der Waals surface area contributed by atoms with Crippen LogP contribution in [0.5, 0.6) is 0 Å². The fourth-order valence-corrected chi connectivity index (χ4v) is 3.77. The van der Waals surface area contributed by atoms with Gasteiger partial charge < -0.3 is 4.90 Å². The van der Waals surface area contributed by atoms with Gasteiger partial charge >= 0.3 is 0 Å². The van der Waals surface area contributed by atoms with Crippen molar-refractivity contribution in [2.24, 2.45) is 0 Å². The molecule has 2 heterocycles. The van der Waals surface area contributed by atoms with Gasteiger partial charge in [-0.15, -0.1) is 0 Å². The van der Waals surface area contributed by atoms with Crippen LogP contribution in [0.25, 0.3) is 10.9 Å². The van der Waals surface area contributed by atoms with Crippen molar-refractivity contribution >= 4 is 16.8 Å². The molecule has 0 aliphatic carbocycles. The Hall–Kier alpha value is -2.95. The van der Waals surface area contributed by atoms with Gasteiger partial charge in [-0.25, -0.2) is 4.98 Å². The van der Waals surface area contributed by atoms with Crippen LogP contribution in [-0.2, 0) is 11.3 Å². The van der Waals surface area contributed by atoms with Crippen molar-refractivity contribution in [1.82, 2.24) is 14.5 Å². The highest BCUT2D eigenvalue weighted by Crippen LogP contribution is 2.31. The Labute approximate surface area is 151 Å². The molecule has 0 spiro atoms. The van der Waals surface area contributed by atoms with E-state index in [2.05, 4.69) is 17.1 Å². The van der Waals surface area contributed by atoms with Crippen molar-refractivity contribution in [3.8, 4) is 0 Å². The minimum absolute atomic E-state index is 0.0268. The monoisotopic (exact) mass is 347 g/mol. The number of para-hydroxylation sites is 1. The predicted molar refractivity (Wildman–Crippen MR) is 101 cm³/mol. The molecule has 3 aromatic rings. The lowest BCUT2D eigenvalue weighted by Gasteiger charge is -2.25. The van der Waals surface area contributed by atoms with Gasteiger partial charge in [-0.05, 0) is 37.0 Å². The van der Waals surface area contributed by atoms with E-state index in [1.165, 1.54) is 10.9 Å². The highest BCUT2D eigenvalue weighted by atomic mass is 16.2. The van der Waals surface area contributed by atoms with E-state index < -0.39 is 0 Å². The molecule has 2 aromatic carbocycles. The van der Waals surface area contributed by atoms with Gasteiger partial charge in [-0.2, -0.15) is 0 Å². The van der Waals surface area contributed by atoms with Crippen LogP contribution in [0, 0.1) is 6.92 Å². The second-order valence-corrected chi connectivity index (χ2v) is 6.80. The first kappa shape index (κ1) is 16.5. The molecule has 4 rings (SSSR count). The number of carbonyl (C=O) groups is 1. The number of likely N-dealkylation sites (tertiary alicyclic amines) is 1. The Morgan fingerprint density at radius 2 is 1.96 bits per heavy atom. The summed E-state index contributed by atoms with van der Waals surface area (Å²) in [5, 5.41) is 0.557. The number of carbonyl (C=O) groups excluding carboxylic acids is 1. The van der Waals surface area contributed by atoms with Crippen molar-refractivity contribution in [2.75, 3.05) is 6.54 Å². The standard InChI is InChI=1S/C21H21N3O2/c1-15-7-5-10-17-20(15)22-14-23(21(17)26)13-19(25)24-12-6-11-18(24)16-8-3-2-4-9-16/h2-5,7-10,14,18H,6,11-13H2,1H3. The molecule has 0 saturated carbocycles. The number of aromatic nitrogens is 2. The molecule has 1 unspecified atom stereocenters. The van der Waals surface area contributed by atoms with E-state index in [0.717, 1.165) is 30.5 Å². The average Bonchev–Trinajstić information content (AvgIpc) is 3.15. The number of nitrogens with zero attached hydrogens (tertiary/aromatic N) is 3. The fraction of sp³-hybridized carbons (Fsp3) is 0.286. The number of benzene rings is 2. The van der Waals surface area contributed by atoms with E-state index in [4.69, 9.17) is 0 Å². The van der Waals surface area contributed by atoms with Crippen molar-refractivity contribution in [1.29, 1.82) is 0 Å². The van der Waals surface area contributed by atoms with Crippen molar-refractivity contribution in [3.05, 3.63) is 76.3 Å². The summed E-state index contributed by atoms with van der Waals surface area (Å²) in [4.78, 5) is 31.9. The Morgan fingerprint density at radius 3 is 2.77 bits per heavy atom. The van der Waals surface area contributed by atoms with Gasteiger partial charge in [0.05, 0.1) is 23.3 Å². The molecule has 132 valence electrons. The minimum atomic E-state index is -0.164. The maximum atomic E-state index is 12.9.